The van der Waals surface area contributed by atoms with E-state index in [1.807, 2.05) is 37.4 Å². The monoisotopic (exact) mass is 489 g/mol. The van der Waals surface area contributed by atoms with Crippen molar-refractivity contribution in [2.45, 2.75) is 19.8 Å². The molecule has 4 aromatic carbocycles. The van der Waals surface area contributed by atoms with Gasteiger partial charge in [0.15, 0.2) is 0 Å². The maximum absolute atomic E-state index is 9.31. The molecule has 0 radical (unpaired) electrons. The molecule has 1 heterocycles. The molecule has 0 unspecified atom stereocenters. The molecule has 1 aromatic heterocycles. The Hall–Kier alpha value is -4.94. The van der Waals surface area contributed by atoms with E-state index in [1.165, 1.54) is 27.3 Å². The number of nitriles is 1. The van der Waals surface area contributed by atoms with Gasteiger partial charge in [-0.05, 0) is 78.8 Å². The minimum Gasteiger partial charge on any atom is -0.309 e. The number of nitrogens with zero attached hydrogens (tertiary/aromatic N) is 3. The van der Waals surface area contributed by atoms with Gasteiger partial charge in [-0.15, -0.1) is 0 Å². The average Bonchev–Trinajstić information content (AvgIpc) is 3.31. The summed E-state index contributed by atoms with van der Waals surface area (Å²) in [4.78, 5) is 5.00. The summed E-state index contributed by atoms with van der Waals surface area (Å²) < 4.78 is 2.28. The van der Waals surface area contributed by atoms with Crippen LogP contribution in [-0.2, 0) is 0 Å². The Bertz CT molecular complexity index is 1870. The molecule has 5 aromatic rings. The van der Waals surface area contributed by atoms with E-state index in [4.69, 9.17) is 4.99 Å². The number of hydrogen-bond acceptors (Lipinski definition) is 2. The maximum Gasteiger partial charge on any atom is 0.0991 e. The van der Waals surface area contributed by atoms with Crippen LogP contribution in [0.3, 0.4) is 0 Å². The van der Waals surface area contributed by atoms with Crippen molar-refractivity contribution in [1.29, 1.82) is 5.26 Å². The van der Waals surface area contributed by atoms with E-state index in [9.17, 15) is 5.26 Å². The van der Waals surface area contributed by atoms with Gasteiger partial charge in [-0.3, -0.25) is 4.99 Å². The molecule has 0 amide bonds. The fraction of sp³-hybridized carbons (Fsp3) is 0.0857. The lowest BCUT2D eigenvalue weighted by Gasteiger charge is -2.10. The van der Waals surface area contributed by atoms with Gasteiger partial charge in [0.25, 0.3) is 0 Å². The van der Waals surface area contributed by atoms with Gasteiger partial charge in [-0.25, -0.2) is 0 Å². The number of rotatable bonds is 5. The second kappa shape index (κ2) is 10.2. The highest BCUT2D eigenvalue weighted by Crippen LogP contribution is 2.40. The highest BCUT2D eigenvalue weighted by atomic mass is 15.0. The van der Waals surface area contributed by atoms with E-state index in [2.05, 4.69) is 102 Å². The number of fused-ring (bicyclic) bond motifs is 5. The van der Waals surface area contributed by atoms with Crippen molar-refractivity contribution < 1.29 is 0 Å². The lowest BCUT2D eigenvalue weighted by atomic mass is 9.97. The maximum atomic E-state index is 9.31. The molecule has 3 heteroatoms. The molecule has 0 saturated carbocycles. The number of allylic oxidation sites excluding steroid dienone is 8. The normalized spacial score (nSPS) is 14.2. The second-order valence-corrected chi connectivity index (χ2v) is 9.41. The number of para-hydroxylation sites is 1. The zero-order valence-corrected chi connectivity index (χ0v) is 21.3. The van der Waals surface area contributed by atoms with Gasteiger partial charge in [0, 0.05) is 28.1 Å². The van der Waals surface area contributed by atoms with E-state index >= 15 is 0 Å². The van der Waals surface area contributed by atoms with Gasteiger partial charge in [0.05, 0.1) is 28.4 Å². The quantitative estimate of drug-likeness (QED) is 0.179. The molecule has 3 nitrogen and oxygen atoms in total. The third-order valence-electron chi connectivity index (χ3n) is 7.11. The number of benzene rings is 4. The first-order chi connectivity index (χ1) is 18.8. The van der Waals surface area contributed by atoms with Gasteiger partial charge in [-0.1, -0.05) is 72.8 Å². The smallest absolute Gasteiger partial charge is 0.0991 e. The molecule has 6 rings (SSSR count). The molecule has 38 heavy (non-hydrogen) atoms. The van der Waals surface area contributed by atoms with Crippen molar-refractivity contribution in [2.24, 2.45) is 4.99 Å². The topological polar surface area (TPSA) is 41.1 Å². The van der Waals surface area contributed by atoms with Gasteiger partial charge in [-0.2, -0.15) is 5.26 Å². The average molecular weight is 490 g/mol. The number of aliphatic imine (C=N–C) groups is 1. The van der Waals surface area contributed by atoms with Crippen molar-refractivity contribution >= 4 is 44.5 Å². The van der Waals surface area contributed by atoms with E-state index in [-0.39, 0.29) is 0 Å². The number of aromatic nitrogens is 1. The minimum atomic E-state index is 0.651. The first kappa shape index (κ1) is 23.5. The molecular weight excluding hydrogens is 462 g/mol. The summed E-state index contributed by atoms with van der Waals surface area (Å²) in [5.74, 6) is 0. The minimum absolute atomic E-state index is 0.651. The van der Waals surface area contributed by atoms with Crippen molar-refractivity contribution in [1.82, 2.24) is 4.57 Å². The predicted octanol–water partition coefficient (Wildman–Crippen LogP) is 9.29. The molecule has 0 atom stereocenters. The van der Waals surface area contributed by atoms with Crippen LogP contribution in [0.25, 0.3) is 38.3 Å². The van der Waals surface area contributed by atoms with Crippen LogP contribution in [0.5, 0.6) is 0 Å². The first-order valence-corrected chi connectivity index (χ1v) is 13.0. The van der Waals surface area contributed by atoms with Crippen molar-refractivity contribution in [3.63, 3.8) is 0 Å². The van der Waals surface area contributed by atoms with E-state index in [0.717, 1.165) is 40.6 Å². The molecule has 0 aliphatic heterocycles. The molecular formula is C35H27N3. The summed E-state index contributed by atoms with van der Waals surface area (Å²) in [6.45, 7) is 2.05. The fourth-order valence-corrected chi connectivity index (χ4v) is 5.37. The highest BCUT2D eigenvalue weighted by molar-refractivity contribution is 6.23. The largest absolute Gasteiger partial charge is 0.309 e. The van der Waals surface area contributed by atoms with Crippen LogP contribution in [0.2, 0.25) is 0 Å². The third-order valence-corrected chi connectivity index (χ3v) is 7.11. The molecule has 0 N–H and O–H groups in total. The van der Waals surface area contributed by atoms with Gasteiger partial charge >= 0.3 is 0 Å². The Labute approximate surface area is 222 Å². The van der Waals surface area contributed by atoms with Gasteiger partial charge in [0.1, 0.15) is 0 Å². The fourth-order valence-electron chi connectivity index (χ4n) is 5.37. The zero-order chi connectivity index (χ0) is 25.9. The standard InChI is InChI=1S/C35H27N3/c1-2-10-26(27-11-4-3-5-12-27)21-22-37-32-23-34-35(30-14-7-6-13-29(30)32)31-15-8-9-16-33(31)38(34)28-19-17-25(24-36)18-20-28/h2-4,6-11,13-23H,5,12H2,1H3/b10-2-,26-21+,37-22?. The molecule has 0 fully saturated rings. The summed E-state index contributed by atoms with van der Waals surface area (Å²) in [5.41, 5.74) is 7.35. The SMILES string of the molecule is C/C=C\C(=C/C=Nc1cc2c(c3ccccc13)c1ccccc1n2-c1ccc(C#N)cc1)C1=CC=CCC1. The number of hydrogen-bond donors (Lipinski definition) is 0. The third kappa shape index (κ3) is 4.17. The lowest BCUT2D eigenvalue weighted by Crippen LogP contribution is -1.94. The molecule has 0 saturated heterocycles. The van der Waals surface area contributed by atoms with Crippen LogP contribution in [0.15, 0.2) is 131 Å². The van der Waals surface area contributed by atoms with Crippen LogP contribution >= 0.6 is 0 Å². The zero-order valence-electron chi connectivity index (χ0n) is 21.3. The predicted molar refractivity (Wildman–Crippen MR) is 161 cm³/mol. The molecule has 1 aliphatic rings. The van der Waals surface area contributed by atoms with Crippen LogP contribution in [-0.4, -0.2) is 10.8 Å². The Balaban J connectivity index is 1.58. The van der Waals surface area contributed by atoms with Crippen molar-refractivity contribution in [3.05, 3.63) is 132 Å². The summed E-state index contributed by atoms with van der Waals surface area (Å²) >= 11 is 0. The second-order valence-electron chi connectivity index (χ2n) is 9.41. The summed E-state index contributed by atoms with van der Waals surface area (Å²) in [6, 6.07) is 29.2. The molecule has 0 bridgehead atoms. The summed E-state index contributed by atoms with van der Waals surface area (Å²) in [6.07, 6.45) is 16.9. The lowest BCUT2D eigenvalue weighted by molar-refractivity contribution is 0.978. The van der Waals surface area contributed by atoms with E-state index < -0.39 is 0 Å². The Morgan fingerprint density at radius 2 is 1.68 bits per heavy atom. The van der Waals surface area contributed by atoms with E-state index in [1.54, 1.807) is 0 Å². The molecule has 1 aliphatic carbocycles. The van der Waals surface area contributed by atoms with Crippen molar-refractivity contribution in [3.8, 4) is 11.8 Å². The highest BCUT2D eigenvalue weighted by Gasteiger charge is 2.16. The van der Waals surface area contributed by atoms with Crippen LogP contribution in [0.4, 0.5) is 5.69 Å². The van der Waals surface area contributed by atoms with Gasteiger partial charge < -0.3 is 4.57 Å². The van der Waals surface area contributed by atoms with Crippen LogP contribution in [0.1, 0.15) is 25.3 Å². The molecule has 182 valence electrons. The van der Waals surface area contributed by atoms with Crippen molar-refractivity contribution in [2.75, 3.05) is 0 Å². The summed E-state index contributed by atoms with van der Waals surface area (Å²) in [7, 11) is 0. The summed E-state index contributed by atoms with van der Waals surface area (Å²) in [5, 5.41) is 14.0. The van der Waals surface area contributed by atoms with E-state index in [0.29, 0.717) is 5.56 Å². The Morgan fingerprint density at radius 3 is 2.42 bits per heavy atom. The molecule has 0 spiro atoms. The van der Waals surface area contributed by atoms with Gasteiger partial charge in [0.2, 0.25) is 0 Å². The van der Waals surface area contributed by atoms with Crippen LogP contribution in [0, 0.1) is 11.3 Å². The first-order valence-electron chi connectivity index (χ1n) is 13.0. The Morgan fingerprint density at radius 1 is 0.921 bits per heavy atom. The Kier molecular flexibility index (Phi) is 6.30. The van der Waals surface area contributed by atoms with Crippen LogP contribution < -0.4 is 0 Å².